The summed E-state index contributed by atoms with van der Waals surface area (Å²) in [5, 5.41) is 8.74. The molecule has 0 atom stereocenters. The first-order valence-electron chi connectivity index (χ1n) is 2.90. The minimum absolute atomic E-state index is 0.126. The summed E-state index contributed by atoms with van der Waals surface area (Å²) >= 11 is 0. The van der Waals surface area contributed by atoms with E-state index in [0.717, 1.165) is 0 Å². The molecule has 0 spiro atoms. The summed E-state index contributed by atoms with van der Waals surface area (Å²) in [5.41, 5.74) is 2.25. The van der Waals surface area contributed by atoms with Gasteiger partial charge < -0.3 is 5.11 Å². The Morgan fingerprint density at radius 3 is 2.82 bits per heavy atom. The van der Waals surface area contributed by atoms with Gasteiger partial charge in [0, 0.05) is 12.3 Å². The van der Waals surface area contributed by atoms with Crippen LogP contribution in [0.4, 0.5) is 0 Å². The largest absolute Gasteiger partial charge is 0.493 e. The second kappa shape index (κ2) is 2.98. The molecule has 0 aliphatic carbocycles. The van der Waals surface area contributed by atoms with Crippen LogP contribution in [0.5, 0.6) is 5.88 Å². The SMILES string of the molecule is NNC(=O)c1ccc(O)nc1. The Morgan fingerprint density at radius 1 is 1.64 bits per heavy atom. The third-order valence-corrected chi connectivity index (χ3v) is 1.14. The molecule has 0 radical (unpaired) electrons. The molecule has 0 bridgehead atoms. The lowest BCUT2D eigenvalue weighted by Crippen LogP contribution is -2.29. The first-order valence-corrected chi connectivity index (χ1v) is 2.90. The molecule has 0 aliphatic heterocycles. The van der Waals surface area contributed by atoms with E-state index in [1.165, 1.54) is 18.3 Å². The standard InChI is InChI=1S/C6H7N3O2/c7-9-6(11)4-1-2-5(10)8-3-4/h1-3H,7H2,(H,8,10)(H,9,11). The lowest BCUT2D eigenvalue weighted by molar-refractivity contribution is 0.0953. The highest BCUT2D eigenvalue weighted by Gasteiger charge is 2.01. The van der Waals surface area contributed by atoms with E-state index in [1.54, 1.807) is 0 Å². The van der Waals surface area contributed by atoms with Crippen molar-refractivity contribution < 1.29 is 9.90 Å². The highest BCUT2D eigenvalue weighted by molar-refractivity contribution is 5.93. The van der Waals surface area contributed by atoms with E-state index in [2.05, 4.69) is 4.98 Å². The number of rotatable bonds is 1. The number of nitrogens with zero attached hydrogens (tertiary/aromatic N) is 1. The zero-order valence-electron chi connectivity index (χ0n) is 5.61. The summed E-state index contributed by atoms with van der Waals surface area (Å²) in [4.78, 5) is 14.3. The first kappa shape index (κ1) is 7.49. The Balaban J connectivity index is 2.90. The minimum atomic E-state index is -0.433. The number of amides is 1. The normalized spacial score (nSPS) is 9.18. The van der Waals surface area contributed by atoms with Gasteiger partial charge in [-0.3, -0.25) is 10.2 Å². The van der Waals surface area contributed by atoms with Gasteiger partial charge in [0.2, 0.25) is 5.88 Å². The van der Waals surface area contributed by atoms with Crippen molar-refractivity contribution in [1.29, 1.82) is 0 Å². The smallest absolute Gasteiger partial charge is 0.266 e. The van der Waals surface area contributed by atoms with Crippen molar-refractivity contribution in [3.8, 4) is 5.88 Å². The predicted octanol–water partition coefficient (Wildman–Crippen LogP) is -0.609. The van der Waals surface area contributed by atoms with Crippen molar-refractivity contribution >= 4 is 5.91 Å². The molecular formula is C6H7N3O2. The number of carbonyl (C=O) groups is 1. The Hall–Kier alpha value is -1.62. The molecule has 1 aromatic heterocycles. The predicted molar refractivity (Wildman–Crippen MR) is 37.6 cm³/mol. The van der Waals surface area contributed by atoms with Gasteiger partial charge in [0.1, 0.15) is 0 Å². The van der Waals surface area contributed by atoms with Crippen LogP contribution in [0.3, 0.4) is 0 Å². The zero-order valence-corrected chi connectivity index (χ0v) is 5.61. The Kier molecular flexibility index (Phi) is 2.03. The van der Waals surface area contributed by atoms with Crippen LogP contribution < -0.4 is 11.3 Å². The summed E-state index contributed by atoms with van der Waals surface area (Å²) in [7, 11) is 0. The van der Waals surface area contributed by atoms with Crippen LogP contribution in [0.1, 0.15) is 10.4 Å². The van der Waals surface area contributed by atoms with Crippen molar-refractivity contribution in [2.75, 3.05) is 0 Å². The molecular weight excluding hydrogens is 146 g/mol. The second-order valence-electron chi connectivity index (χ2n) is 1.88. The first-order chi connectivity index (χ1) is 5.24. The molecule has 1 aromatic rings. The number of aromatic hydroxyl groups is 1. The van der Waals surface area contributed by atoms with Gasteiger partial charge in [0.25, 0.3) is 5.91 Å². The Morgan fingerprint density at radius 2 is 2.36 bits per heavy atom. The lowest BCUT2D eigenvalue weighted by Gasteiger charge is -1.96. The van der Waals surface area contributed by atoms with Gasteiger partial charge in [0.15, 0.2) is 0 Å². The summed E-state index contributed by atoms with van der Waals surface area (Å²) in [6, 6.07) is 2.73. The molecule has 0 unspecified atom stereocenters. The summed E-state index contributed by atoms with van der Waals surface area (Å²) < 4.78 is 0. The average Bonchev–Trinajstić information content (AvgIpc) is 2.05. The van der Waals surface area contributed by atoms with Gasteiger partial charge in [-0.25, -0.2) is 10.8 Å². The number of hydrogen-bond donors (Lipinski definition) is 3. The number of nitrogens with two attached hydrogens (primary N) is 1. The van der Waals surface area contributed by atoms with E-state index in [9.17, 15) is 4.79 Å². The van der Waals surface area contributed by atoms with E-state index >= 15 is 0 Å². The quantitative estimate of drug-likeness (QED) is 0.285. The maximum Gasteiger partial charge on any atom is 0.266 e. The van der Waals surface area contributed by atoms with E-state index < -0.39 is 5.91 Å². The van der Waals surface area contributed by atoms with Crippen molar-refractivity contribution in [2.24, 2.45) is 5.84 Å². The number of nitrogen functional groups attached to an aromatic ring is 1. The van der Waals surface area contributed by atoms with Crippen molar-refractivity contribution in [2.45, 2.75) is 0 Å². The molecule has 0 saturated heterocycles. The van der Waals surface area contributed by atoms with Crippen LogP contribution in [0, 0.1) is 0 Å². The number of hydrazine groups is 1. The molecule has 5 nitrogen and oxygen atoms in total. The van der Waals surface area contributed by atoms with E-state index in [4.69, 9.17) is 10.9 Å². The zero-order chi connectivity index (χ0) is 8.27. The van der Waals surface area contributed by atoms with Crippen LogP contribution in [-0.2, 0) is 0 Å². The third-order valence-electron chi connectivity index (χ3n) is 1.14. The number of pyridine rings is 1. The summed E-state index contributed by atoms with van der Waals surface area (Å²) in [6.07, 6.45) is 1.23. The van der Waals surface area contributed by atoms with Gasteiger partial charge in [-0.2, -0.15) is 0 Å². The highest BCUT2D eigenvalue weighted by atomic mass is 16.3. The van der Waals surface area contributed by atoms with Crippen molar-refractivity contribution in [3.63, 3.8) is 0 Å². The van der Waals surface area contributed by atoms with E-state index in [0.29, 0.717) is 5.56 Å². The molecule has 1 rings (SSSR count). The molecule has 58 valence electrons. The summed E-state index contributed by atoms with van der Waals surface area (Å²) in [5.74, 6) is 4.29. The average molecular weight is 153 g/mol. The fourth-order valence-electron chi connectivity index (χ4n) is 0.604. The van der Waals surface area contributed by atoms with Crippen molar-refractivity contribution in [3.05, 3.63) is 23.9 Å². The fourth-order valence-corrected chi connectivity index (χ4v) is 0.604. The fraction of sp³-hybridized carbons (Fsp3) is 0. The number of hydrogen-bond acceptors (Lipinski definition) is 4. The van der Waals surface area contributed by atoms with Crippen LogP contribution in [0.2, 0.25) is 0 Å². The van der Waals surface area contributed by atoms with Gasteiger partial charge >= 0.3 is 0 Å². The van der Waals surface area contributed by atoms with E-state index in [-0.39, 0.29) is 5.88 Å². The lowest BCUT2D eigenvalue weighted by atomic mass is 10.3. The maximum atomic E-state index is 10.8. The maximum absolute atomic E-state index is 10.8. The molecule has 0 fully saturated rings. The topological polar surface area (TPSA) is 88.2 Å². The Bertz CT molecular complexity index is 257. The second-order valence-corrected chi connectivity index (χ2v) is 1.88. The minimum Gasteiger partial charge on any atom is -0.493 e. The molecule has 0 aromatic carbocycles. The van der Waals surface area contributed by atoms with Gasteiger partial charge in [-0.1, -0.05) is 0 Å². The van der Waals surface area contributed by atoms with Crippen LogP contribution in [0.15, 0.2) is 18.3 Å². The third kappa shape index (κ3) is 1.65. The molecule has 5 heteroatoms. The molecule has 0 saturated carbocycles. The molecule has 1 heterocycles. The van der Waals surface area contributed by atoms with Gasteiger partial charge in [0.05, 0.1) is 5.56 Å². The number of nitrogens with one attached hydrogen (secondary N) is 1. The molecule has 4 N–H and O–H groups in total. The van der Waals surface area contributed by atoms with Crippen LogP contribution in [0.25, 0.3) is 0 Å². The Labute approximate surface area is 62.8 Å². The number of carbonyl (C=O) groups excluding carboxylic acids is 1. The van der Waals surface area contributed by atoms with Gasteiger partial charge in [-0.15, -0.1) is 0 Å². The summed E-state index contributed by atoms with van der Waals surface area (Å²) in [6.45, 7) is 0. The molecule has 1 amide bonds. The molecule has 11 heavy (non-hydrogen) atoms. The highest BCUT2D eigenvalue weighted by Crippen LogP contribution is 2.03. The van der Waals surface area contributed by atoms with Crippen molar-refractivity contribution in [1.82, 2.24) is 10.4 Å². The number of aromatic nitrogens is 1. The van der Waals surface area contributed by atoms with Crippen LogP contribution in [-0.4, -0.2) is 16.0 Å². The molecule has 0 aliphatic rings. The van der Waals surface area contributed by atoms with Crippen LogP contribution >= 0.6 is 0 Å². The van der Waals surface area contributed by atoms with E-state index in [1.807, 2.05) is 5.43 Å². The van der Waals surface area contributed by atoms with Gasteiger partial charge in [-0.05, 0) is 6.07 Å². The monoisotopic (exact) mass is 153 g/mol.